The number of halogens is 1. The second kappa shape index (κ2) is 4.13. The van der Waals surface area contributed by atoms with Gasteiger partial charge in [-0.1, -0.05) is 15.9 Å². The van der Waals surface area contributed by atoms with E-state index in [0.717, 1.165) is 21.5 Å². The lowest BCUT2D eigenvalue weighted by atomic mass is 10.2. The van der Waals surface area contributed by atoms with Gasteiger partial charge in [-0.2, -0.15) is 0 Å². The quantitative estimate of drug-likeness (QED) is 0.647. The number of ether oxygens (including phenoxy) is 1. The van der Waals surface area contributed by atoms with Crippen LogP contribution in [0.2, 0.25) is 0 Å². The van der Waals surface area contributed by atoms with Crippen LogP contribution in [0.4, 0.5) is 0 Å². The first-order valence-corrected chi connectivity index (χ1v) is 6.54. The highest BCUT2D eigenvalue weighted by Gasteiger charge is 2.11. The monoisotopic (exact) mass is 288 g/mol. The average molecular weight is 289 g/mol. The van der Waals surface area contributed by atoms with E-state index in [9.17, 15) is 0 Å². The summed E-state index contributed by atoms with van der Waals surface area (Å²) in [5.74, 6) is 0.871. The molecule has 0 aliphatic heterocycles. The summed E-state index contributed by atoms with van der Waals surface area (Å²) in [6.07, 6.45) is 0. The summed E-state index contributed by atoms with van der Waals surface area (Å²) in [5.41, 5.74) is 1.15. The third-order valence-corrected chi connectivity index (χ3v) is 4.02. The summed E-state index contributed by atoms with van der Waals surface area (Å²) >= 11 is 9.67. The van der Waals surface area contributed by atoms with Crippen molar-refractivity contribution in [1.82, 2.24) is 0 Å². The van der Waals surface area contributed by atoms with Gasteiger partial charge in [-0.15, -0.1) is 24.0 Å². The first-order chi connectivity index (χ1) is 6.77. The number of alkyl halides is 1. The van der Waals surface area contributed by atoms with E-state index in [4.69, 9.17) is 4.74 Å². The number of methoxy groups -OCH3 is 1. The van der Waals surface area contributed by atoms with Gasteiger partial charge in [-0.25, -0.2) is 0 Å². The molecule has 0 amide bonds. The van der Waals surface area contributed by atoms with Gasteiger partial charge < -0.3 is 4.74 Å². The molecule has 14 heavy (non-hydrogen) atoms. The Morgan fingerprint density at radius 1 is 1.57 bits per heavy atom. The Hall–Kier alpha value is -0.190. The molecule has 0 atom stereocenters. The van der Waals surface area contributed by atoms with Gasteiger partial charge in [0.1, 0.15) is 5.75 Å². The molecule has 1 aromatic carbocycles. The van der Waals surface area contributed by atoms with Crippen molar-refractivity contribution in [2.45, 2.75) is 10.2 Å². The topological polar surface area (TPSA) is 9.23 Å². The molecule has 0 saturated heterocycles. The van der Waals surface area contributed by atoms with Crippen molar-refractivity contribution in [1.29, 1.82) is 0 Å². The maximum atomic E-state index is 5.34. The van der Waals surface area contributed by atoms with Gasteiger partial charge >= 0.3 is 0 Å². The third kappa shape index (κ3) is 1.55. The Labute approximate surface area is 101 Å². The average Bonchev–Trinajstić information content (AvgIpc) is 2.65. The maximum Gasteiger partial charge on any atom is 0.136 e. The van der Waals surface area contributed by atoms with Crippen LogP contribution in [-0.2, 0) is 5.33 Å². The Balaban J connectivity index is 2.79. The van der Waals surface area contributed by atoms with Crippen molar-refractivity contribution >= 4 is 50.0 Å². The lowest BCUT2D eigenvalue weighted by Gasteiger charge is -2.09. The van der Waals surface area contributed by atoms with Gasteiger partial charge in [-0.3, -0.25) is 0 Å². The normalized spacial score (nSPS) is 10.8. The zero-order chi connectivity index (χ0) is 10.1. The van der Waals surface area contributed by atoms with Crippen molar-refractivity contribution in [2.75, 3.05) is 7.11 Å². The predicted molar refractivity (Wildman–Crippen MR) is 68.3 cm³/mol. The van der Waals surface area contributed by atoms with E-state index in [2.05, 4.69) is 46.1 Å². The highest BCUT2D eigenvalue weighted by atomic mass is 79.9. The lowest BCUT2D eigenvalue weighted by Crippen LogP contribution is -1.90. The molecule has 2 rings (SSSR count). The zero-order valence-corrected chi connectivity index (χ0v) is 10.9. The predicted octanol–water partition coefficient (Wildman–Crippen LogP) is 4.09. The molecule has 0 N–H and O–H groups in total. The molecule has 1 nitrogen and oxygen atoms in total. The zero-order valence-electron chi connectivity index (χ0n) is 7.58. The fraction of sp³-hybridized carbons (Fsp3) is 0.200. The largest absolute Gasteiger partial charge is 0.495 e. The van der Waals surface area contributed by atoms with Crippen molar-refractivity contribution < 1.29 is 4.74 Å². The van der Waals surface area contributed by atoms with E-state index >= 15 is 0 Å². The van der Waals surface area contributed by atoms with Gasteiger partial charge in [0.25, 0.3) is 0 Å². The number of thiol groups is 1. The molecule has 1 heterocycles. The summed E-state index contributed by atoms with van der Waals surface area (Å²) in [7, 11) is 1.68. The second-order valence-electron chi connectivity index (χ2n) is 2.88. The Bertz CT molecular complexity index is 464. The summed E-state index contributed by atoms with van der Waals surface area (Å²) in [6.45, 7) is 0. The number of benzene rings is 1. The molecular formula is C10H9BrOS2. The fourth-order valence-electron chi connectivity index (χ4n) is 1.45. The number of rotatable bonds is 2. The van der Waals surface area contributed by atoms with Crippen molar-refractivity contribution in [3.63, 3.8) is 0 Å². The smallest absolute Gasteiger partial charge is 0.136 e. The second-order valence-corrected chi connectivity index (χ2v) is 4.84. The molecule has 0 unspecified atom stereocenters. The molecular weight excluding hydrogens is 280 g/mol. The van der Waals surface area contributed by atoms with E-state index < -0.39 is 0 Å². The maximum absolute atomic E-state index is 5.34. The van der Waals surface area contributed by atoms with Gasteiger partial charge in [0.05, 0.1) is 12.0 Å². The molecule has 0 aliphatic rings. The van der Waals surface area contributed by atoms with Crippen molar-refractivity contribution in [3.8, 4) is 5.75 Å². The number of hydrogen-bond acceptors (Lipinski definition) is 3. The van der Waals surface area contributed by atoms with E-state index in [-0.39, 0.29) is 0 Å². The van der Waals surface area contributed by atoms with Crippen LogP contribution >= 0.6 is 39.9 Å². The molecule has 0 spiro atoms. The first kappa shape index (κ1) is 10.3. The molecule has 74 valence electrons. The van der Waals surface area contributed by atoms with Crippen LogP contribution in [0, 0.1) is 0 Å². The van der Waals surface area contributed by atoms with Crippen LogP contribution in [0.5, 0.6) is 5.75 Å². The van der Waals surface area contributed by atoms with Gasteiger partial charge in [0.2, 0.25) is 0 Å². The SMILES string of the molecule is COc1c(CBr)cc2sccc2c1S. The van der Waals surface area contributed by atoms with E-state index in [1.807, 2.05) is 0 Å². The van der Waals surface area contributed by atoms with Crippen molar-refractivity contribution in [2.24, 2.45) is 0 Å². The van der Waals surface area contributed by atoms with Crippen molar-refractivity contribution in [3.05, 3.63) is 23.1 Å². The fourth-order valence-corrected chi connectivity index (χ4v) is 3.23. The molecule has 0 aliphatic carbocycles. The molecule has 1 aromatic heterocycles. The molecule has 0 fully saturated rings. The van der Waals surface area contributed by atoms with Crippen LogP contribution in [0.15, 0.2) is 22.4 Å². The Morgan fingerprint density at radius 2 is 2.36 bits per heavy atom. The minimum Gasteiger partial charge on any atom is -0.495 e. The van der Waals surface area contributed by atoms with Crippen LogP contribution in [0.1, 0.15) is 5.56 Å². The lowest BCUT2D eigenvalue weighted by molar-refractivity contribution is 0.403. The van der Waals surface area contributed by atoms with E-state index in [1.54, 1.807) is 18.4 Å². The number of hydrogen-bond donors (Lipinski definition) is 1. The van der Waals surface area contributed by atoms with Crippen LogP contribution < -0.4 is 4.74 Å². The first-order valence-electron chi connectivity index (χ1n) is 4.10. The van der Waals surface area contributed by atoms with Gasteiger partial charge in [0.15, 0.2) is 0 Å². The number of thiophene rings is 1. The number of fused-ring (bicyclic) bond motifs is 1. The summed E-state index contributed by atoms with van der Waals surface area (Å²) in [4.78, 5) is 0.931. The summed E-state index contributed by atoms with van der Waals surface area (Å²) in [6, 6.07) is 4.22. The molecule has 0 radical (unpaired) electrons. The summed E-state index contributed by atoms with van der Waals surface area (Å²) in [5, 5.41) is 4.03. The third-order valence-electron chi connectivity index (χ3n) is 2.11. The van der Waals surface area contributed by atoms with Crippen LogP contribution in [0.25, 0.3) is 10.1 Å². The highest BCUT2D eigenvalue weighted by molar-refractivity contribution is 9.08. The Kier molecular flexibility index (Phi) is 3.04. The molecule has 0 bridgehead atoms. The molecule has 4 heteroatoms. The molecule has 2 aromatic rings. The van der Waals surface area contributed by atoms with E-state index in [1.165, 1.54) is 10.1 Å². The summed E-state index contributed by atoms with van der Waals surface area (Å²) < 4.78 is 6.60. The van der Waals surface area contributed by atoms with Gasteiger partial charge in [-0.05, 0) is 17.5 Å². The van der Waals surface area contributed by atoms with Gasteiger partial charge in [0, 0.05) is 21.0 Å². The molecule has 0 saturated carbocycles. The van der Waals surface area contributed by atoms with Crippen LogP contribution in [-0.4, -0.2) is 7.11 Å². The Morgan fingerprint density at radius 3 is 3.00 bits per heavy atom. The minimum absolute atomic E-state index is 0.789. The minimum atomic E-state index is 0.789. The highest BCUT2D eigenvalue weighted by Crippen LogP contribution is 2.38. The van der Waals surface area contributed by atoms with Crippen LogP contribution in [0.3, 0.4) is 0 Å². The van der Waals surface area contributed by atoms with E-state index in [0.29, 0.717) is 0 Å². The standard InChI is InChI=1S/C10H9BrOS2/c1-12-9-6(5-11)4-8-7(10(9)13)2-3-14-8/h2-4,13H,5H2,1H3.